The first-order chi connectivity index (χ1) is 17.8. The van der Waals surface area contributed by atoms with Crippen LogP contribution in [0.2, 0.25) is 0 Å². The van der Waals surface area contributed by atoms with Crippen molar-refractivity contribution in [3.8, 4) is 11.5 Å². The Morgan fingerprint density at radius 1 is 1.03 bits per heavy atom. The molecule has 12 heteroatoms. The van der Waals surface area contributed by atoms with Gasteiger partial charge < -0.3 is 18.8 Å². The predicted octanol–water partition coefficient (Wildman–Crippen LogP) is 2.81. The average molecular weight is 548 g/mol. The summed E-state index contributed by atoms with van der Waals surface area (Å²) in [4.78, 5) is 30.3. The molecule has 0 spiro atoms. The topological polar surface area (TPSA) is 116 Å². The number of amides is 1. The van der Waals surface area contributed by atoms with Crippen LogP contribution >= 0.6 is 11.3 Å². The van der Waals surface area contributed by atoms with Crippen LogP contribution in [0.25, 0.3) is 10.2 Å². The second-order valence-corrected chi connectivity index (χ2v) is 11.4. The molecule has 3 aromatic rings. The maximum atomic E-state index is 13.1. The number of methoxy groups -OCH3 is 2. The fraction of sp³-hybridized carbons (Fsp3) is 0.400. The Morgan fingerprint density at radius 2 is 1.68 bits per heavy atom. The number of benzene rings is 2. The van der Waals surface area contributed by atoms with Crippen molar-refractivity contribution in [2.45, 2.75) is 31.2 Å². The zero-order valence-electron chi connectivity index (χ0n) is 20.9. The minimum Gasteiger partial charge on any atom is -0.497 e. The van der Waals surface area contributed by atoms with E-state index in [4.69, 9.17) is 14.2 Å². The van der Waals surface area contributed by atoms with Gasteiger partial charge in [0, 0.05) is 19.0 Å². The molecule has 0 bridgehead atoms. The Labute approximate surface area is 219 Å². The minimum atomic E-state index is -3.67. The van der Waals surface area contributed by atoms with E-state index in [9.17, 15) is 18.0 Å². The van der Waals surface area contributed by atoms with Gasteiger partial charge in [0.1, 0.15) is 18.0 Å². The fourth-order valence-corrected chi connectivity index (χ4v) is 6.71. The van der Waals surface area contributed by atoms with Gasteiger partial charge in [-0.1, -0.05) is 11.3 Å². The molecule has 198 valence electrons. The van der Waals surface area contributed by atoms with Crippen molar-refractivity contribution in [3.05, 3.63) is 47.3 Å². The van der Waals surface area contributed by atoms with Crippen LogP contribution in [-0.2, 0) is 30.9 Å². The second-order valence-electron chi connectivity index (χ2n) is 8.41. The number of aromatic nitrogens is 1. The zero-order valence-corrected chi connectivity index (χ0v) is 22.5. The maximum absolute atomic E-state index is 13.1. The summed E-state index contributed by atoms with van der Waals surface area (Å²) in [5.41, 5.74) is 0.741. The number of fused-ring (bicyclic) bond motifs is 1. The minimum absolute atomic E-state index is 0.0785. The highest BCUT2D eigenvalue weighted by molar-refractivity contribution is 7.89. The van der Waals surface area contributed by atoms with Gasteiger partial charge in [-0.3, -0.25) is 9.59 Å². The van der Waals surface area contributed by atoms with Gasteiger partial charge in [0.2, 0.25) is 10.0 Å². The molecule has 0 aliphatic carbocycles. The summed E-state index contributed by atoms with van der Waals surface area (Å²) >= 11 is 1.28. The molecule has 37 heavy (non-hydrogen) atoms. The monoisotopic (exact) mass is 547 g/mol. The van der Waals surface area contributed by atoms with Crippen LogP contribution in [0.5, 0.6) is 11.5 Å². The summed E-state index contributed by atoms with van der Waals surface area (Å²) in [6, 6.07) is 11.7. The number of nitrogens with zero attached hydrogens (tertiary/aromatic N) is 3. The van der Waals surface area contributed by atoms with Crippen LogP contribution in [0.15, 0.2) is 52.4 Å². The zero-order chi connectivity index (χ0) is 26.6. The molecule has 2 heterocycles. The highest BCUT2D eigenvalue weighted by atomic mass is 32.2. The molecular formula is C25H29N3O7S2. The van der Waals surface area contributed by atoms with Crippen LogP contribution in [0, 0.1) is 5.92 Å². The highest BCUT2D eigenvalue weighted by Gasteiger charge is 2.32. The third-order valence-corrected chi connectivity index (χ3v) is 9.14. The maximum Gasteiger partial charge on any atom is 0.326 e. The SMILES string of the molecule is CCOC(=O)Cn1c(=NC(=O)C2CCN(S(=O)(=O)c3ccc(OC)cc3)CC2)sc2cc(OC)ccc21. The van der Waals surface area contributed by atoms with Gasteiger partial charge >= 0.3 is 5.97 Å². The van der Waals surface area contributed by atoms with E-state index in [0.29, 0.717) is 29.1 Å². The van der Waals surface area contributed by atoms with Crippen LogP contribution in [-0.4, -0.2) is 63.1 Å². The molecule has 0 unspecified atom stereocenters. The van der Waals surface area contributed by atoms with E-state index in [1.54, 1.807) is 36.8 Å². The lowest BCUT2D eigenvalue weighted by atomic mass is 9.98. The van der Waals surface area contributed by atoms with Crippen LogP contribution in [0.3, 0.4) is 0 Å². The smallest absolute Gasteiger partial charge is 0.326 e. The molecule has 10 nitrogen and oxygen atoms in total. The van der Waals surface area contributed by atoms with Crippen molar-refractivity contribution < 1.29 is 32.2 Å². The van der Waals surface area contributed by atoms with Gasteiger partial charge in [-0.05, 0) is 62.2 Å². The fourth-order valence-electron chi connectivity index (χ4n) is 4.18. The van der Waals surface area contributed by atoms with Gasteiger partial charge in [0.15, 0.2) is 4.80 Å². The molecule has 1 aliphatic rings. The number of rotatable bonds is 8. The Kier molecular flexibility index (Phi) is 8.30. The number of hydrogen-bond donors (Lipinski definition) is 0. The van der Waals surface area contributed by atoms with E-state index in [2.05, 4.69) is 4.99 Å². The number of sulfonamides is 1. The van der Waals surface area contributed by atoms with Gasteiger partial charge in [-0.25, -0.2) is 8.42 Å². The predicted molar refractivity (Wildman–Crippen MR) is 138 cm³/mol. The van der Waals surface area contributed by atoms with Crippen LogP contribution in [0.4, 0.5) is 0 Å². The second kappa shape index (κ2) is 11.4. The molecule has 0 saturated carbocycles. The van der Waals surface area contributed by atoms with E-state index >= 15 is 0 Å². The number of carbonyl (C=O) groups is 2. The van der Waals surface area contributed by atoms with Crippen molar-refractivity contribution in [1.82, 2.24) is 8.87 Å². The van der Waals surface area contributed by atoms with Crippen molar-refractivity contribution >= 4 is 43.5 Å². The highest BCUT2D eigenvalue weighted by Crippen LogP contribution is 2.27. The molecule has 1 aromatic heterocycles. The summed E-state index contributed by atoms with van der Waals surface area (Å²) in [5, 5.41) is 0. The molecular weight excluding hydrogens is 518 g/mol. The molecule has 1 fully saturated rings. The van der Waals surface area contributed by atoms with Crippen molar-refractivity contribution in [2.75, 3.05) is 33.9 Å². The van der Waals surface area contributed by atoms with Gasteiger partial charge in [0.25, 0.3) is 5.91 Å². The van der Waals surface area contributed by atoms with Crippen LogP contribution < -0.4 is 14.3 Å². The Balaban J connectivity index is 1.54. The van der Waals surface area contributed by atoms with E-state index in [0.717, 1.165) is 10.2 Å². The van der Waals surface area contributed by atoms with Crippen molar-refractivity contribution in [1.29, 1.82) is 0 Å². The number of piperidine rings is 1. The number of esters is 1. The molecule has 0 atom stereocenters. The molecule has 0 N–H and O–H groups in total. The summed E-state index contributed by atoms with van der Waals surface area (Å²) < 4.78 is 45.4. The first-order valence-electron chi connectivity index (χ1n) is 11.8. The average Bonchev–Trinajstić information content (AvgIpc) is 3.24. The van der Waals surface area contributed by atoms with E-state index in [-0.39, 0.29) is 37.0 Å². The summed E-state index contributed by atoms with van der Waals surface area (Å²) in [6.45, 7) is 2.33. The normalized spacial score (nSPS) is 15.6. The lowest BCUT2D eigenvalue weighted by molar-refractivity contribution is -0.143. The Bertz CT molecular complexity index is 1450. The molecule has 1 saturated heterocycles. The molecule has 1 aliphatic heterocycles. The number of carbonyl (C=O) groups excluding carboxylic acids is 2. The van der Waals surface area contributed by atoms with E-state index < -0.39 is 21.9 Å². The first kappa shape index (κ1) is 26.8. The third kappa shape index (κ3) is 5.86. The standard InChI is InChI=1S/C25H29N3O7S2/c1-4-35-23(29)16-28-21-10-7-19(34-3)15-22(21)36-25(28)26-24(30)17-11-13-27(14-12-17)37(31,32)20-8-5-18(33-2)6-9-20/h5-10,15,17H,4,11-14,16H2,1-3H3. The molecule has 0 radical (unpaired) electrons. The quantitative estimate of drug-likeness (QED) is 0.398. The van der Waals surface area contributed by atoms with Gasteiger partial charge in [-0.2, -0.15) is 9.30 Å². The van der Waals surface area contributed by atoms with Crippen LogP contribution in [0.1, 0.15) is 19.8 Å². The van der Waals surface area contributed by atoms with Crippen molar-refractivity contribution in [3.63, 3.8) is 0 Å². The molecule has 1 amide bonds. The van der Waals surface area contributed by atoms with Gasteiger partial charge in [-0.15, -0.1) is 0 Å². The summed E-state index contributed by atoms with van der Waals surface area (Å²) in [6.07, 6.45) is 0.711. The largest absolute Gasteiger partial charge is 0.497 e. The number of thiazole rings is 1. The Morgan fingerprint density at radius 3 is 2.30 bits per heavy atom. The molecule has 2 aromatic carbocycles. The summed E-state index contributed by atoms with van der Waals surface area (Å²) in [5.74, 6) is 0.0461. The molecule has 4 rings (SSSR count). The number of hydrogen-bond acceptors (Lipinski definition) is 8. The number of ether oxygens (including phenoxy) is 3. The third-order valence-electron chi connectivity index (χ3n) is 6.19. The van der Waals surface area contributed by atoms with Gasteiger partial charge in [0.05, 0.1) is 35.9 Å². The summed E-state index contributed by atoms with van der Waals surface area (Å²) in [7, 11) is -0.589. The lowest BCUT2D eigenvalue weighted by Gasteiger charge is -2.29. The first-order valence-corrected chi connectivity index (χ1v) is 14.1. The lowest BCUT2D eigenvalue weighted by Crippen LogP contribution is -2.40. The van der Waals surface area contributed by atoms with E-state index in [1.807, 2.05) is 12.1 Å². The van der Waals surface area contributed by atoms with E-state index in [1.165, 1.54) is 34.9 Å². The van der Waals surface area contributed by atoms with Crippen molar-refractivity contribution in [2.24, 2.45) is 10.9 Å². The Hall–Kier alpha value is -3.22.